The van der Waals surface area contributed by atoms with Crippen LogP contribution in [0.25, 0.3) is 0 Å². The zero-order chi connectivity index (χ0) is 18.6. The molecule has 2 aliphatic heterocycles. The standard InChI is InChI=1S/C22H29NO4/c24-14-16-6-8-17(9-7-16)15-26-21-13-19(18-4-3-5-18)12-20(27-21)22(25)23-10-1-2-11-23/h6-9,12,18-19,21,24H,1-5,10-11,13-15H2/t19-,21+/m1/s1. The van der Waals surface area contributed by atoms with Gasteiger partial charge in [0.2, 0.25) is 6.29 Å². The highest BCUT2D eigenvalue weighted by Gasteiger charge is 2.36. The van der Waals surface area contributed by atoms with E-state index < -0.39 is 0 Å². The summed E-state index contributed by atoms with van der Waals surface area (Å²) < 4.78 is 12.0. The molecule has 0 aromatic heterocycles. The molecule has 0 unspecified atom stereocenters. The first-order valence-electron chi connectivity index (χ1n) is 10.2. The van der Waals surface area contributed by atoms with Crippen LogP contribution in [0.2, 0.25) is 0 Å². The number of hydrogen-bond acceptors (Lipinski definition) is 4. The van der Waals surface area contributed by atoms with E-state index in [-0.39, 0.29) is 18.8 Å². The Balaban J connectivity index is 1.41. The molecule has 5 heteroatoms. The van der Waals surface area contributed by atoms with E-state index in [1.54, 1.807) is 0 Å². The van der Waals surface area contributed by atoms with E-state index in [1.165, 1.54) is 19.3 Å². The first-order chi connectivity index (χ1) is 13.2. The molecule has 1 amide bonds. The minimum Gasteiger partial charge on any atom is -0.459 e. The normalized spacial score (nSPS) is 25.7. The van der Waals surface area contributed by atoms with Gasteiger partial charge in [-0.25, -0.2) is 0 Å². The second kappa shape index (κ2) is 8.44. The van der Waals surface area contributed by atoms with E-state index in [9.17, 15) is 4.79 Å². The van der Waals surface area contributed by atoms with Gasteiger partial charge in [-0.2, -0.15) is 0 Å². The van der Waals surface area contributed by atoms with Gasteiger partial charge in [-0.15, -0.1) is 0 Å². The van der Waals surface area contributed by atoms with Gasteiger partial charge >= 0.3 is 0 Å². The van der Waals surface area contributed by atoms with Gasteiger partial charge in [0.05, 0.1) is 13.2 Å². The number of amides is 1. The maximum atomic E-state index is 12.8. The average molecular weight is 371 g/mol. The summed E-state index contributed by atoms with van der Waals surface area (Å²) in [6.07, 6.45) is 8.43. The van der Waals surface area contributed by atoms with Crippen molar-refractivity contribution in [2.24, 2.45) is 11.8 Å². The minimum absolute atomic E-state index is 0.0254. The lowest BCUT2D eigenvalue weighted by Crippen LogP contribution is -2.37. The number of benzene rings is 1. The number of carbonyl (C=O) groups excluding carboxylic acids is 1. The van der Waals surface area contributed by atoms with Gasteiger partial charge in [-0.05, 0) is 54.7 Å². The lowest BCUT2D eigenvalue weighted by molar-refractivity contribution is -0.161. The summed E-state index contributed by atoms with van der Waals surface area (Å²) in [5, 5.41) is 9.15. The fraction of sp³-hybridized carbons (Fsp3) is 0.591. The van der Waals surface area contributed by atoms with E-state index in [0.29, 0.717) is 24.2 Å². The third kappa shape index (κ3) is 4.36. The molecule has 5 nitrogen and oxygen atoms in total. The van der Waals surface area contributed by atoms with Crippen molar-refractivity contribution in [2.45, 2.75) is 58.0 Å². The molecule has 3 aliphatic rings. The number of rotatable bonds is 6. The second-order valence-corrected chi connectivity index (χ2v) is 7.95. The van der Waals surface area contributed by atoms with E-state index >= 15 is 0 Å². The van der Waals surface area contributed by atoms with Crippen molar-refractivity contribution in [3.05, 3.63) is 47.2 Å². The summed E-state index contributed by atoms with van der Waals surface area (Å²) in [5.74, 6) is 1.54. The first kappa shape index (κ1) is 18.5. The first-order valence-corrected chi connectivity index (χ1v) is 10.2. The Labute approximate surface area is 161 Å². The van der Waals surface area contributed by atoms with Gasteiger partial charge in [0.1, 0.15) is 0 Å². The van der Waals surface area contributed by atoms with Crippen molar-refractivity contribution < 1.29 is 19.4 Å². The minimum atomic E-state index is -0.375. The van der Waals surface area contributed by atoms with Crippen LogP contribution in [0.1, 0.15) is 49.7 Å². The molecule has 1 aromatic carbocycles. The summed E-state index contributed by atoms with van der Waals surface area (Å²) >= 11 is 0. The highest BCUT2D eigenvalue weighted by molar-refractivity contribution is 5.91. The van der Waals surface area contributed by atoms with Crippen LogP contribution in [-0.2, 0) is 27.5 Å². The highest BCUT2D eigenvalue weighted by atomic mass is 16.7. The number of aliphatic hydroxyl groups is 1. The maximum absolute atomic E-state index is 12.8. The molecule has 146 valence electrons. The van der Waals surface area contributed by atoms with Crippen molar-refractivity contribution in [3.63, 3.8) is 0 Å². The Bertz CT molecular complexity index is 674. The lowest BCUT2D eigenvalue weighted by atomic mass is 9.73. The third-order valence-electron chi connectivity index (χ3n) is 6.09. The average Bonchev–Trinajstić information content (AvgIpc) is 3.19. The molecule has 4 rings (SSSR count). The fourth-order valence-corrected chi connectivity index (χ4v) is 4.14. The molecule has 1 saturated carbocycles. The van der Waals surface area contributed by atoms with Crippen molar-refractivity contribution in [1.82, 2.24) is 4.90 Å². The lowest BCUT2D eigenvalue weighted by Gasteiger charge is -2.37. The van der Waals surface area contributed by atoms with Crippen LogP contribution in [0.15, 0.2) is 36.1 Å². The quantitative estimate of drug-likeness (QED) is 0.833. The van der Waals surface area contributed by atoms with Gasteiger partial charge in [0, 0.05) is 19.5 Å². The van der Waals surface area contributed by atoms with Crippen molar-refractivity contribution in [1.29, 1.82) is 0 Å². The van der Waals surface area contributed by atoms with Crippen LogP contribution in [0.3, 0.4) is 0 Å². The SMILES string of the molecule is O=C(C1=C[C@@H](C2CCC2)C[C@@H](OCc2ccc(CO)cc2)O1)N1CCCC1. The Morgan fingerprint density at radius 1 is 1.11 bits per heavy atom. The summed E-state index contributed by atoms with van der Waals surface area (Å²) in [6, 6.07) is 7.73. The van der Waals surface area contributed by atoms with E-state index in [1.807, 2.05) is 29.2 Å². The molecule has 0 spiro atoms. The molecule has 1 aliphatic carbocycles. The molecular formula is C22H29NO4. The predicted octanol–water partition coefficient (Wildman–Crippen LogP) is 3.36. The van der Waals surface area contributed by atoms with Crippen molar-refractivity contribution >= 4 is 5.91 Å². The molecule has 0 radical (unpaired) electrons. The zero-order valence-corrected chi connectivity index (χ0v) is 15.8. The van der Waals surface area contributed by atoms with Crippen LogP contribution in [-0.4, -0.2) is 35.3 Å². The summed E-state index contributed by atoms with van der Waals surface area (Å²) in [6.45, 7) is 2.15. The highest BCUT2D eigenvalue weighted by Crippen LogP contribution is 2.40. The Morgan fingerprint density at radius 2 is 1.81 bits per heavy atom. The number of allylic oxidation sites excluding steroid dienone is 1. The second-order valence-electron chi connectivity index (χ2n) is 7.95. The summed E-state index contributed by atoms with van der Waals surface area (Å²) in [7, 11) is 0. The maximum Gasteiger partial charge on any atom is 0.288 e. The number of ether oxygens (including phenoxy) is 2. The Hall–Kier alpha value is -1.85. The van der Waals surface area contributed by atoms with Gasteiger partial charge in [-0.3, -0.25) is 4.79 Å². The predicted molar refractivity (Wildman–Crippen MR) is 101 cm³/mol. The summed E-state index contributed by atoms with van der Waals surface area (Å²) in [4.78, 5) is 14.7. The smallest absolute Gasteiger partial charge is 0.288 e. The molecule has 2 fully saturated rings. The van der Waals surface area contributed by atoms with Crippen LogP contribution in [0, 0.1) is 11.8 Å². The van der Waals surface area contributed by atoms with Crippen LogP contribution in [0.4, 0.5) is 0 Å². The third-order valence-corrected chi connectivity index (χ3v) is 6.09. The van der Waals surface area contributed by atoms with Gasteiger partial charge < -0.3 is 19.5 Å². The number of nitrogens with zero attached hydrogens (tertiary/aromatic N) is 1. The monoisotopic (exact) mass is 371 g/mol. The van der Waals surface area contributed by atoms with E-state index in [2.05, 4.69) is 6.08 Å². The Kier molecular flexibility index (Phi) is 5.79. The molecular weight excluding hydrogens is 342 g/mol. The largest absolute Gasteiger partial charge is 0.459 e. The molecule has 2 atom stereocenters. The number of hydrogen-bond donors (Lipinski definition) is 1. The van der Waals surface area contributed by atoms with Gasteiger partial charge in [0.25, 0.3) is 5.91 Å². The van der Waals surface area contributed by atoms with Crippen LogP contribution in [0.5, 0.6) is 0 Å². The van der Waals surface area contributed by atoms with Crippen LogP contribution >= 0.6 is 0 Å². The number of likely N-dealkylation sites (tertiary alicyclic amines) is 1. The van der Waals surface area contributed by atoms with E-state index in [0.717, 1.165) is 43.5 Å². The number of aliphatic hydroxyl groups excluding tert-OH is 1. The van der Waals surface area contributed by atoms with Gasteiger partial charge in [-0.1, -0.05) is 30.7 Å². The van der Waals surface area contributed by atoms with Crippen molar-refractivity contribution in [2.75, 3.05) is 13.1 Å². The van der Waals surface area contributed by atoms with Crippen LogP contribution < -0.4 is 0 Å². The topological polar surface area (TPSA) is 59.0 Å². The fourth-order valence-electron chi connectivity index (χ4n) is 4.14. The molecule has 1 saturated heterocycles. The molecule has 1 N–H and O–H groups in total. The summed E-state index contributed by atoms with van der Waals surface area (Å²) in [5.41, 5.74) is 1.93. The molecule has 1 aromatic rings. The number of carbonyl (C=O) groups is 1. The van der Waals surface area contributed by atoms with Gasteiger partial charge in [0.15, 0.2) is 5.76 Å². The van der Waals surface area contributed by atoms with Crippen molar-refractivity contribution in [3.8, 4) is 0 Å². The molecule has 0 bridgehead atoms. The zero-order valence-electron chi connectivity index (χ0n) is 15.8. The molecule has 27 heavy (non-hydrogen) atoms. The molecule has 2 heterocycles. The Morgan fingerprint density at radius 3 is 2.44 bits per heavy atom. The van der Waals surface area contributed by atoms with E-state index in [4.69, 9.17) is 14.6 Å².